The number of carbonyl (C=O) groups excluding carboxylic acids is 1. The smallest absolute Gasteiger partial charge is 0.251 e. The van der Waals surface area contributed by atoms with E-state index >= 15 is 0 Å². The van der Waals surface area contributed by atoms with Gasteiger partial charge in [-0.1, -0.05) is 12.1 Å². The molecule has 25 heavy (non-hydrogen) atoms. The van der Waals surface area contributed by atoms with Crippen molar-refractivity contribution in [3.63, 3.8) is 0 Å². The second-order valence-electron chi connectivity index (χ2n) is 6.29. The van der Waals surface area contributed by atoms with Gasteiger partial charge in [-0.2, -0.15) is 10.2 Å². The molecule has 0 spiro atoms. The van der Waals surface area contributed by atoms with Crippen molar-refractivity contribution in [1.82, 2.24) is 20.4 Å². The molecule has 0 saturated carbocycles. The summed E-state index contributed by atoms with van der Waals surface area (Å²) in [5.74, 6) is -0.0492. The molecule has 1 aromatic heterocycles. The fourth-order valence-electron chi connectivity index (χ4n) is 2.84. The minimum Gasteiger partial charge on any atom is -0.379 e. The van der Waals surface area contributed by atoms with Gasteiger partial charge in [0.15, 0.2) is 0 Å². The first-order valence-corrected chi connectivity index (χ1v) is 8.63. The summed E-state index contributed by atoms with van der Waals surface area (Å²) in [7, 11) is 0. The first kappa shape index (κ1) is 17.5. The number of amides is 1. The molecule has 132 valence electrons. The summed E-state index contributed by atoms with van der Waals surface area (Å²) >= 11 is 0. The van der Waals surface area contributed by atoms with Crippen molar-refractivity contribution < 1.29 is 9.53 Å². The average Bonchev–Trinajstić information content (AvgIpc) is 2.65. The van der Waals surface area contributed by atoms with Gasteiger partial charge in [-0.05, 0) is 37.1 Å². The van der Waals surface area contributed by atoms with Crippen LogP contribution in [0.4, 0.5) is 0 Å². The third kappa shape index (κ3) is 4.41. The van der Waals surface area contributed by atoms with Crippen molar-refractivity contribution in [3.8, 4) is 11.3 Å². The maximum atomic E-state index is 12.3. The zero-order valence-electron chi connectivity index (χ0n) is 14.8. The zero-order chi connectivity index (χ0) is 17.6. The van der Waals surface area contributed by atoms with Crippen LogP contribution in [0.1, 0.15) is 21.5 Å². The van der Waals surface area contributed by atoms with Crippen LogP contribution >= 0.6 is 0 Å². The number of hydrogen-bond acceptors (Lipinski definition) is 5. The summed E-state index contributed by atoms with van der Waals surface area (Å²) in [5, 5.41) is 11.2. The number of carbonyl (C=O) groups is 1. The Hall–Kier alpha value is -2.31. The van der Waals surface area contributed by atoms with Gasteiger partial charge >= 0.3 is 0 Å². The van der Waals surface area contributed by atoms with Crippen LogP contribution < -0.4 is 5.32 Å². The lowest BCUT2D eigenvalue weighted by molar-refractivity contribution is 0.0383. The lowest BCUT2D eigenvalue weighted by Gasteiger charge is -2.26. The number of nitrogens with zero attached hydrogens (tertiary/aromatic N) is 3. The largest absolute Gasteiger partial charge is 0.379 e. The zero-order valence-corrected chi connectivity index (χ0v) is 14.8. The number of aryl methyl sites for hydroxylation is 1. The Bertz CT molecular complexity index is 725. The Morgan fingerprint density at radius 1 is 1.20 bits per heavy atom. The molecular weight excluding hydrogens is 316 g/mol. The number of rotatable bonds is 5. The molecule has 0 radical (unpaired) electrons. The van der Waals surface area contributed by atoms with Crippen LogP contribution in [0.3, 0.4) is 0 Å². The summed E-state index contributed by atoms with van der Waals surface area (Å²) in [6, 6.07) is 7.52. The number of ether oxygens (including phenoxy) is 1. The third-order valence-electron chi connectivity index (χ3n) is 4.59. The molecule has 0 unspecified atom stereocenters. The minimum absolute atomic E-state index is 0.0492. The molecule has 6 heteroatoms. The van der Waals surface area contributed by atoms with Gasteiger partial charge < -0.3 is 10.1 Å². The van der Waals surface area contributed by atoms with E-state index in [0.29, 0.717) is 12.1 Å². The SMILES string of the molecule is Cc1cnnc(-c2ccc(C(=O)NCCN3CCOCC3)cc2)c1C. The summed E-state index contributed by atoms with van der Waals surface area (Å²) in [6.45, 7) is 8.96. The number of hydrogen-bond donors (Lipinski definition) is 1. The molecule has 1 aliphatic heterocycles. The number of aromatic nitrogens is 2. The Labute approximate surface area is 148 Å². The second kappa shape index (κ2) is 8.18. The van der Waals surface area contributed by atoms with Crippen LogP contribution in [-0.4, -0.2) is 60.4 Å². The highest BCUT2D eigenvalue weighted by Crippen LogP contribution is 2.22. The summed E-state index contributed by atoms with van der Waals surface area (Å²) in [6.07, 6.45) is 1.76. The van der Waals surface area contributed by atoms with E-state index in [-0.39, 0.29) is 5.91 Å². The first-order chi connectivity index (χ1) is 12.1. The molecule has 6 nitrogen and oxygen atoms in total. The highest BCUT2D eigenvalue weighted by molar-refractivity contribution is 5.94. The molecule has 3 rings (SSSR count). The lowest BCUT2D eigenvalue weighted by atomic mass is 10.0. The van der Waals surface area contributed by atoms with Gasteiger partial charge in [-0.25, -0.2) is 0 Å². The number of benzene rings is 1. The highest BCUT2D eigenvalue weighted by Gasteiger charge is 2.12. The van der Waals surface area contributed by atoms with Crippen molar-refractivity contribution in [1.29, 1.82) is 0 Å². The van der Waals surface area contributed by atoms with E-state index in [4.69, 9.17) is 4.74 Å². The maximum absolute atomic E-state index is 12.3. The number of morpholine rings is 1. The van der Waals surface area contributed by atoms with E-state index in [1.54, 1.807) is 6.20 Å². The van der Waals surface area contributed by atoms with Gasteiger partial charge in [0.05, 0.1) is 25.1 Å². The fraction of sp³-hybridized carbons (Fsp3) is 0.421. The van der Waals surface area contributed by atoms with Gasteiger partial charge in [0.2, 0.25) is 0 Å². The Morgan fingerprint density at radius 3 is 2.64 bits per heavy atom. The topological polar surface area (TPSA) is 67.4 Å². The molecule has 1 aliphatic rings. The summed E-state index contributed by atoms with van der Waals surface area (Å²) in [4.78, 5) is 14.6. The van der Waals surface area contributed by atoms with Gasteiger partial charge in [-0.15, -0.1) is 0 Å². The van der Waals surface area contributed by atoms with Crippen molar-refractivity contribution in [2.45, 2.75) is 13.8 Å². The van der Waals surface area contributed by atoms with E-state index in [2.05, 4.69) is 20.4 Å². The monoisotopic (exact) mass is 340 g/mol. The lowest BCUT2D eigenvalue weighted by Crippen LogP contribution is -2.41. The quantitative estimate of drug-likeness (QED) is 0.899. The van der Waals surface area contributed by atoms with Gasteiger partial charge in [-0.3, -0.25) is 9.69 Å². The van der Waals surface area contributed by atoms with Crippen LogP contribution in [-0.2, 0) is 4.74 Å². The Morgan fingerprint density at radius 2 is 1.92 bits per heavy atom. The van der Waals surface area contributed by atoms with E-state index in [1.807, 2.05) is 38.1 Å². The van der Waals surface area contributed by atoms with Crippen molar-refractivity contribution >= 4 is 5.91 Å². The fourth-order valence-corrected chi connectivity index (χ4v) is 2.84. The van der Waals surface area contributed by atoms with Gasteiger partial charge in [0, 0.05) is 37.3 Å². The molecule has 1 fully saturated rings. The third-order valence-corrected chi connectivity index (χ3v) is 4.59. The molecule has 2 heterocycles. The van der Waals surface area contributed by atoms with Crippen molar-refractivity contribution in [3.05, 3.63) is 47.2 Å². The Balaban J connectivity index is 1.58. The van der Waals surface area contributed by atoms with Crippen molar-refractivity contribution in [2.24, 2.45) is 0 Å². The molecule has 1 saturated heterocycles. The van der Waals surface area contributed by atoms with E-state index in [1.165, 1.54) is 0 Å². The number of nitrogens with one attached hydrogen (secondary N) is 1. The highest BCUT2D eigenvalue weighted by atomic mass is 16.5. The van der Waals surface area contributed by atoms with E-state index in [9.17, 15) is 4.79 Å². The predicted molar refractivity (Wildman–Crippen MR) is 96.5 cm³/mol. The van der Waals surface area contributed by atoms with E-state index in [0.717, 1.165) is 55.2 Å². The molecule has 1 amide bonds. The van der Waals surface area contributed by atoms with Gasteiger partial charge in [0.25, 0.3) is 5.91 Å². The maximum Gasteiger partial charge on any atom is 0.251 e. The predicted octanol–water partition coefficient (Wildman–Crippen LogP) is 1.82. The van der Waals surface area contributed by atoms with E-state index < -0.39 is 0 Å². The molecule has 0 bridgehead atoms. The molecular formula is C19H24N4O2. The van der Waals surface area contributed by atoms with Crippen LogP contribution in [0.15, 0.2) is 30.5 Å². The molecule has 0 aliphatic carbocycles. The molecule has 2 aromatic rings. The van der Waals surface area contributed by atoms with Crippen LogP contribution in [0.25, 0.3) is 11.3 Å². The molecule has 0 atom stereocenters. The first-order valence-electron chi connectivity index (χ1n) is 8.63. The summed E-state index contributed by atoms with van der Waals surface area (Å²) < 4.78 is 5.32. The Kier molecular flexibility index (Phi) is 5.73. The van der Waals surface area contributed by atoms with Gasteiger partial charge in [0.1, 0.15) is 0 Å². The van der Waals surface area contributed by atoms with Crippen molar-refractivity contribution in [2.75, 3.05) is 39.4 Å². The normalized spacial score (nSPS) is 15.1. The van der Waals surface area contributed by atoms with Crippen LogP contribution in [0.5, 0.6) is 0 Å². The van der Waals surface area contributed by atoms with Crippen LogP contribution in [0, 0.1) is 13.8 Å². The second-order valence-corrected chi connectivity index (χ2v) is 6.29. The molecule has 1 aromatic carbocycles. The van der Waals surface area contributed by atoms with Crippen LogP contribution in [0.2, 0.25) is 0 Å². The minimum atomic E-state index is -0.0492. The summed E-state index contributed by atoms with van der Waals surface area (Å²) in [5.41, 5.74) is 4.70. The standard InChI is InChI=1S/C19H24N4O2/c1-14-13-21-22-18(15(14)2)16-3-5-17(6-4-16)19(24)20-7-8-23-9-11-25-12-10-23/h3-6,13H,7-12H2,1-2H3,(H,20,24). The molecule has 1 N–H and O–H groups in total. The average molecular weight is 340 g/mol.